The second-order valence-electron chi connectivity index (χ2n) is 7.89. The molecule has 37 heavy (non-hydrogen) atoms. The van der Waals surface area contributed by atoms with Crippen molar-refractivity contribution in [2.75, 3.05) is 23.6 Å². The molecule has 15 heteroatoms. The largest absolute Gasteiger partial charge is 1.00 e. The number of benzene rings is 1. The number of nitrogens with one attached hydrogen (secondary N) is 2. The summed E-state index contributed by atoms with van der Waals surface area (Å²) in [5, 5.41) is 21.8. The second-order valence-corrected chi connectivity index (χ2v) is 10.9. The summed E-state index contributed by atoms with van der Waals surface area (Å²) in [4.78, 5) is 40.0. The van der Waals surface area contributed by atoms with Crippen LogP contribution in [0.3, 0.4) is 0 Å². The maximum Gasteiger partial charge on any atom is 1.00 e. The predicted molar refractivity (Wildman–Crippen MR) is 136 cm³/mol. The molecular weight excluding hydrogens is 547 g/mol. The molecule has 0 saturated carbocycles. The van der Waals surface area contributed by atoms with Crippen LogP contribution in [-0.4, -0.2) is 63.3 Å². The Labute approximate surface area is 247 Å². The van der Waals surface area contributed by atoms with Gasteiger partial charge in [-0.3, -0.25) is 14.5 Å². The van der Waals surface area contributed by atoms with Crippen molar-refractivity contribution in [1.82, 2.24) is 20.3 Å². The maximum atomic E-state index is 13.2. The van der Waals surface area contributed by atoms with Gasteiger partial charge >= 0.3 is 29.6 Å². The van der Waals surface area contributed by atoms with E-state index in [0.29, 0.717) is 11.3 Å². The minimum absolute atomic E-state index is 0. The number of carboxylic acids is 1. The Morgan fingerprint density at radius 3 is 2.76 bits per heavy atom. The predicted octanol–water partition coefficient (Wildman–Crippen LogP) is -2.49. The first-order valence-corrected chi connectivity index (χ1v) is 13.6. The molecule has 2 aromatic rings. The van der Waals surface area contributed by atoms with Gasteiger partial charge in [-0.05, 0) is 41.1 Å². The minimum atomic E-state index is -1.63. The van der Waals surface area contributed by atoms with Gasteiger partial charge < -0.3 is 20.0 Å². The molecule has 1 unspecified atom stereocenters. The Morgan fingerprint density at radius 2 is 2.08 bits per heavy atom. The minimum Gasteiger partial charge on any atom is -0.543 e. The molecule has 2 N–H and O–H groups in total. The third-order valence-electron chi connectivity index (χ3n) is 5.75. The topological polar surface area (TPSA) is 130 Å². The number of amides is 2. The van der Waals surface area contributed by atoms with Crippen LogP contribution in [0.2, 0.25) is 0 Å². The van der Waals surface area contributed by atoms with E-state index >= 15 is 0 Å². The number of hydrazine groups is 2. The second kappa shape index (κ2) is 11.8. The zero-order valence-electron chi connectivity index (χ0n) is 19.9. The number of thiophene rings is 1. The summed E-state index contributed by atoms with van der Waals surface area (Å²) in [5.41, 5.74) is 2.41. The van der Waals surface area contributed by atoms with Crippen molar-refractivity contribution in [3.8, 4) is 0 Å². The Balaban J connectivity index is 0.00000320. The summed E-state index contributed by atoms with van der Waals surface area (Å²) in [6.07, 6.45) is 1.70. The summed E-state index contributed by atoms with van der Waals surface area (Å²) < 4.78 is 7.15. The number of hydrogen-bond acceptors (Lipinski definition) is 12. The van der Waals surface area contributed by atoms with E-state index in [2.05, 4.69) is 16.0 Å². The number of anilines is 1. The third kappa shape index (κ3) is 5.29. The van der Waals surface area contributed by atoms with E-state index < -0.39 is 23.0 Å². The van der Waals surface area contributed by atoms with E-state index in [1.54, 1.807) is 15.9 Å². The van der Waals surface area contributed by atoms with Crippen molar-refractivity contribution >= 4 is 64.9 Å². The van der Waals surface area contributed by atoms with Crippen molar-refractivity contribution in [3.05, 3.63) is 64.0 Å². The molecule has 2 amide bonds. The Bertz CT molecular complexity index is 1230. The first kappa shape index (κ1) is 28.0. The molecule has 3 aliphatic heterocycles. The first-order valence-electron chi connectivity index (χ1n) is 10.8. The number of methoxy groups -OCH3 is 1. The van der Waals surface area contributed by atoms with E-state index in [1.165, 1.54) is 42.2 Å². The van der Waals surface area contributed by atoms with Gasteiger partial charge in [0.05, 0.1) is 23.8 Å². The van der Waals surface area contributed by atoms with Crippen LogP contribution in [0, 0.1) is 0 Å². The van der Waals surface area contributed by atoms with Crippen molar-refractivity contribution in [2.24, 2.45) is 5.10 Å². The van der Waals surface area contributed by atoms with E-state index in [4.69, 9.17) is 4.74 Å². The SMILES string of the molecule is COC1(NC(=O)Cc2cccs2)C(=O)N2C(C(=O)[O-])=C(CSN3NN=CN3c3ccccc3)CS[C@H]21.[Na+]. The summed E-state index contributed by atoms with van der Waals surface area (Å²) in [7, 11) is 1.33. The molecule has 1 aromatic carbocycles. The standard InChI is InChI=1S/C22H22N6O5S3.Na/c1-33-22(24-17(29)10-16-8-5-9-34-16)20(32)27-18(19(30)31)14(11-35-21(22)27)12-36-28-25-23-13-26(28)15-6-3-2-4-7-15;/h2-9,13,21,25H,10-12H2,1H3,(H,24,29)(H,30,31);/q;+1/p-1/t21-,22?;/m0./s1. The monoisotopic (exact) mass is 568 g/mol. The van der Waals surface area contributed by atoms with Crippen LogP contribution < -0.4 is 50.5 Å². The Morgan fingerprint density at radius 1 is 1.30 bits per heavy atom. The first-order chi connectivity index (χ1) is 17.4. The van der Waals surface area contributed by atoms with Crippen molar-refractivity contribution in [3.63, 3.8) is 0 Å². The maximum absolute atomic E-state index is 13.2. The van der Waals surface area contributed by atoms with Crippen LogP contribution in [0.4, 0.5) is 5.69 Å². The van der Waals surface area contributed by atoms with Gasteiger partial charge in [0.15, 0.2) is 0 Å². The number of β-lactam (4-membered cyclic amide) rings is 1. The number of hydrogen-bond donors (Lipinski definition) is 2. The average molecular weight is 569 g/mol. The summed E-state index contributed by atoms with van der Waals surface area (Å²) >= 11 is 4.05. The smallest absolute Gasteiger partial charge is 0.543 e. The molecular formula is C22H21N6NaO5S3. The molecule has 0 bridgehead atoms. The van der Waals surface area contributed by atoms with Gasteiger partial charge in [0.2, 0.25) is 5.91 Å². The number of rotatable bonds is 9. The Hall–Kier alpha value is -2.04. The molecule has 188 valence electrons. The fraction of sp³-hybridized carbons (Fsp3) is 0.273. The number of fused-ring (bicyclic) bond motifs is 1. The number of para-hydroxylation sites is 1. The number of carboxylic acid groups (broad SMARTS) is 1. The molecule has 1 saturated heterocycles. The number of nitrogens with zero attached hydrogens (tertiary/aromatic N) is 4. The molecule has 4 heterocycles. The third-order valence-corrected chi connectivity index (χ3v) is 8.98. The molecule has 1 fully saturated rings. The van der Waals surface area contributed by atoms with Gasteiger partial charge in [0, 0.05) is 23.5 Å². The van der Waals surface area contributed by atoms with Crippen LogP contribution >= 0.6 is 35.0 Å². The zero-order valence-corrected chi connectivity index (χ0v) is 24.4. The molecule has 3 aliphatic rings. The molecule has 1 aromatic heterocycles. The summed E-state index contributed by atoms with van der Waals surface area (Å²) in [6.45, 7) is 0. The Kier molecular flexibility index (Phi) is 8.91. The molecule has 11 nitrogen and oxygen atoms in total. The number of thioether (sulfide) groups is 1. The fourth-order valence-electron chi connectivity index (χ4n) is 4.07. The van der Waals surface area contributed by atoms with Crippen molar-refractivity contribution < 1.29 is 53.8 Å². The fourth-order valence-corrected chi connectivity index (χ4v) is 7.23. The van der Waals surface area contributed by atoms with E-state index in [9.17, 15) is 19.5 Å². The van der Waals surface area contributed by atoms with Gasteiger partial charge in [-0.25, -0.2) is 10.5 Å². The van der Waals surface area contributed by atoms with Gasteiger partial charge in [-0.15, -0.1) is 23.1 Å². The molecule has 2 atom stereocenters. The number of hydrazone groups is 1. The van der Waals surface area contributed by atoms with E-state index in [1.807, 2.05) is 47.8 Å². The number of carbonyl (C=O) groups excluding carboxylic acids is 3. The van der Waals surface area contributed by atoms with Crippen molar-refractivity contribution in [1.29, 1.82) is 0 Å². The van der Waals surface area contributed by atoms with Crippen LogP contribution in [-0.2, 0) is 25.5 Å². The van der Waals surface area contributed by atoms with Crippen LogP contribution in [0.15, 0.2) is 64.2 Å². The van der Waals surface area contributed by atoms with Crippen LogP contribution in [0.1, 0.15) is 4.88 Å². The number of aliphatic carboxylic acids is 1. The molecule has 0 radical (unpaired) electrons. The molecule has 0 spiro atoms. The van der Waals surface area contributed by atoms with E-state index in [0.717, 1.165) is 15.5 Å². The normalized spacial score (nSPS) is 22.7. The quantitative estimate of drug-likeness (QED) is 0.145. The van der Waals surface area contributed by atoms with Crippen LogP contribution in [0.25, 0.3) is 0 Å². The van der Waals surface area contributed by atoms with Gasteiger partial charge in [-0.2, -0.15) is 5.10 Å². The number of carbonyl (C=O) groups is 3. The van der Waals surface area contributed by atoms with Crippen LogP contribution in [0.5, 0.6) is 0 Å². The summed E-state index contributed by atoms with van der Waals surface area (Å²) in [6, 6.07) is 13.2. The number of ether oxygens (including phenoxy) is 1. The van der Waals surface area contributed by atoms with Gasteiger partial charge in [0.25, 0.3) is 11.6 Å². The molecule has 0 aliphatic carbocycles. The van der Waals surface area contributed by atoms with Gasteiger partial charge in [-0.1, -0.05) is 28.8 Å². The van der Waals surface area contributed by atoms with E-state index in [-0.39, 0.29) is 53.3 Å². The molecule has 5 rings (SSSR count). The average Bonchev–Trinajstić information content (AvgIpc) is 3.57. The van der Waals surface area contributed by atoms with Crippen molar-refractivity contribution in [2.45, 2.75) is 17.5 Å². The van der Waals surface area contributed by atoms with Gasteiger partial charge in [0.1, 0.15) is 11.7 Å². The summed E-state index contributed by atoms with van der Waals surface area (Å²) in [5.74, 6) is -1.90. The zero-order chi connectivity index (χ0) is 25.3.